The Bertz CT molecular complexity index is 742. The fourth-order valence-corrected chi connectivity index (χ4v) is 3.78. The Balaban J connectivity index is 1.36. The van der Waals surface area contributed by atoms with E-state index >= 15 is 0 Å². The molecule has 2 aromatic rings. The zero-order valence-corrected chi connectivity index (χ0v) is 14.9. The standard InChI is InChI=1S/C19H23N5O2/c1-23(12-15-5-2-3-7-20-15)18(25)16-11-14-6-10-24(13-17(14)26-16)19-21-8-4-9-22-19/h2-5,7-9,14,16-17H,6,10-13H2,1H3/t14-,16+,17-/m0/s1. The lowest BCUT2D eigenvalue weighted by Gasteiger charge is -2.33. The highest BCUT2D eigenvalue weighted by atomic mass is 16.5. The molecular formula is C19H23N5O2. The number of pyridine rings is 1. The first kappa shape index (κ1) is 16.9. The zero-order valence-electron chi connectivity index (χ0n) is 14.9. The maximum Gasteiger partial charge on any atom is 0.251 e. The number of piperidine rings is 1. The number of aromatic nitrogens is 3. The Morgan fingerprint density at radius 1 is 1.23 bits per heavy atom. The Hall–Kier alpha value is -2.54. The summed E-state index contributed by atoms with van der Waals surface area (Å²) in [4.78, 5) is 29.6. The second-order valence-corrected chi connectivity index (χ2v) is 6.96. The van der Waals surface area contributed by atoms with Gasteiger partial charge in [-0.3, -0.25) is 9.78 Å². The van der Waals surface area contributed by atoms with Crippen LogP contribution in [0.5, 0.6) is 0 Å². The van der Waals surface area contributed by atoms with Gasteiger partial charge in [-0.05, 0) is 37.0 Å². The number of ether oxygens (including phenoxy) is 1. The second-order valence-electron chi connectivity index (χ2n) is 6.96. The van der Waals surface area contributed by atoms with E-state index in [-0.39, 0.29) is 18.1 Å². The maximum absolute atomic E-state index is 12.8. The van der Waals surface area contributed by atoms with Crippen molar-refractivity contribution in [3.05, 3.63) is 48.5 Å². The van der Waals surface area contributed by atoms with E-state index in [4.69, 9.17) is 4.74 Å². The van der Waals surface area contributed by atoms with Gasteiger partial charge in [-0.1, -0.05) is 6.07 Å². The van der Waals surface area contributed by atoms with Crippen LogP contribution in [0.2, 0.25) is 0 Å². The van der Waals surface area contributed by atoms with E-state index in [0.717, 1.165) is 37.6 Å². The summed E-state index contributed by atoms with van der Waals surface area (Å²) in [5.41, 5.74) is 0.881. The van der Waals surface area contributed by atoms with Crippen molar-refractivity contribution in [3.8, 4) is 0 Å². The highest BCUT2D eigenvalue weighted by molar-refractivity contribution is 5.81. The van der Waals surface area contributed by atoms with Crippen LogP contribution in [0.15, 0.2) is 42.9 Å². The average Bonchev–Trinajstić information content (AvgIpc) is 3.12. The van der Waals surface area contributed by atoms with Gasteiger partial charge in [-0.25, -0.2) is 9.97 Å². The molecule has 0 N–H and O–H groups in total. The van der Waals surface area contributed by atoms with Crippen LogP contribution in [0, 0.1) is 5.92 Å². The maximum atomic E-state index is 12.8. The summed E-state index contributed by atoms with van der Waals surface area (Å²) in [6.45, 7) is 2.14. The summed E-state index contributed by atoms with van der Waals surface area (Å²) in [7, 11) is 1.81. The van der Waals surface area contributed by atoms with Gasteiger partial charge in [-0.2, -0.15) is 0 Å². The van der Waals surface area contributed by atoms with Crippen molar-refractivity contribution in [3.63, 3.8) is 0 Å². The quantitative estimate of drug-likeness (QED) is 0.830. The van der Waals surface area contributed by atoms with Crippen molar-refractivity contribution in [2.45, 2.75) is 31.6 Å². The molecule has 4 heterocycles. The molecule has 2 aliphatic rings. The summed E-state index contributed by atoms with van der Waals surface area (Å²) in [5.74, 6) is 1.19. The molecule has 2 fully saturated rings. The third-order valence-electron chi connectivity index (χ3n) is 5.16. The number of carbonyl (C=O) groups excluding carboxylic acids is 1. The molecule has 0 radical (unpaired) electrons. The lowest BCUT2D eigenvalue weighted by atomic mass is 9.92. The summed E-state index contributed by atoms with van der Waals surface area (Å²) >= 11 is 0. The summed E-state index contributed by atoms with van der Waals surface area (Å²) < 4.78 is 6.13. The first-order valence-electron chi connectivity index (χ1n) is 9.03. The van der Waals surface area contributed by atoms with E-state index in [9.17, 15) is 4.79 Å². The van der Waals surface area contributed by atoms with E-state index in [2.05, 4.69) is 19.9 Å². The Kier molecular flexibility index (Phi) is 4.79. The normalized spacial score (nSPS) is 25.0. The predicted molar refractivity (Wildman–Crippen MR) is 96.3 cm³/mol. The molecule has 7 heteroatoms. The first-order chi connectivity index (χ1) is 12.7. The first-order valence-corrected chi connectivity index (χ1v) is 9.03. The number of likely N-dealkylation sites (N-methyl/N-ethyl adjacent to an activating group) is 1. The molecule has 0 aliphatic carbocycles. The van der Waals surface area contributed by atoms with Gasteiger partial charge in [0.25, 0.3) is 5.91 Å². The van der Waals surface area contributed by atoms with Gasteiger partial charge in [0.2, 0.25) is 5.95 Å². The smallest absolute Gasteiger partial charge is 0.251 e. The third kappa shape index (κ3) is 3.53. The van der Waals surface area contributed by atoms with Gasteiger partial charge < -0.3 is 14.5 Å². The van der Waals surface area contributed by atoms with Crippen LogP contribution < -0.4 is 4.90 Å². The van der Waals surface area contributed by atoms with Crippen LogP contribution in [-0.2, 0) is 16.1 Å². The van der Waals surface area contributed by atoms with E-state index in [1.807, 2.05) is 31.3 Å². The average molecular weight is 353 g/mol. The van der Waals surface area contributed by atoms with Gasteiger partial charge in [0.15, 0.2) is 0 Å². The topological polar surface area (TPSA) is 71.5 Å². The number of anilines is 1. The predicted octanol–water partition coefficient (Wildman–Crippen LogP) is 1.51. The minimum atomic E-state index is -0.365. The van der Waals surface area contributed by atoms with Gasteiger partial charge in [0, 0.05) is 38.7 Å². The summed E-state index contributed by atoms with van der Waals surface area (Å²) in [6.07, 6.45) is 6.73. The SMILES string of the molecule is CN(Cc1ccccn1)C(=O)[C@H]1C[C@@H]2CCN(c3ncccn3)C[C@@H]2O1. The zero-order chi connectivity index (χ0) is 17.9. The minimum absolute atomic E-state index is 0.0348. The van der Waals surface area contributed by atoms with Crippen LogP contribution in [0.25, 0.3) is 0 Å². The van der Waals surface area contributed by atoms with Gasteiger partial charge >= 0.3 is 0 Å². The molecule has 136 valence electrons. The van der Waals surface area contributed by atoms with Crippen LogP contribution in [0.1, 0.15) is 18.5 Å². The molecule has 2 aromatic heterocycles. The van der Waals surface area contributed by atoms with E-state index in [1.165, 1.54) is 0 Å². The fraction of sp³-hybridized carbons (Fsp3) is 0.474. The fourth-order valence-electron chi connectivity index (χ4n) is 3.78. The van der Waals surface area contributed by atoms with Crippen molar-refractivity contribution < 1.29 is 9.53 Å². The van der Waals surface area contributed by atoms with Gasteiger partial charge in [0.05, 0.1) is 18.3 Å². The molecule has 0 bridgehead atoms. The Morgan fingerprint density at radius 3 is 2.81 bits per heavy atom. The second kappa shape index (κ2) is 7.37. The molecule has 0 aromatic carbocycles. The van der Waals surface area contributed by atoms with Crippen LogP contribution in [0.3, 0.4) is 0 Å². The van der Waals surface area contributed by atoms with Gasteiger partial charge in [0.1, 0.15) is 6.10 Å². The molecule has 7 nitrogen and oxygen atoms in total. The monoisotopic (exact) mass is 353 g/mol. The molecule has 1 amide bonds. The summed E-state index contributed by atoms with van der Waals surface area (Å²) in [5, 5.41) is 0. The number of rotatable bonds is 4. The highest BCUT2D eigenvalue weighted by Gasteiger charge is 2.43. The molecule has 0 unspecified atom stereocenters. The number of fused-ring (bicyclic) bond motifs is 1. The van der Waals surface area contributed by atoms with Gasteiger partial charge in [-0.15, -0.1) is 0 Å². The van der Waals surface area contributed by atoms with Crippen molar-refractivity contribution >= 4 is 11.9 Å². The van der Waals surface area contributed by atoms with E-state index in [1.54, 1.807) is 23.5 Å². The number of amides is 1. The van der Waals surface area contributed by atoms with E-state index in [0.29, 0.717) is 12.5 Å². The van der Waals surface area contributed by atoms with Crippen molar-refractivity contribution in [2.75, 3.05) is 25.0 Å². The third-order valence-corrected chi connectivity index (χ3v) is 5.16. The lowest BCUT2D eigenvalue weighted by Crippen LogP contribution is -2.43. The summed E-state index contributed by atoms with van der Waals surface area (Å²) in [6, 6.07) is 7.55. The van der Waals surface area contributed by atoms with Crippen molar-refractivity contribution in [1.29, 1.82) is 0 Å². The number of hydrogen-bond acceptors (Lipinski definition) is 6. The molecular weight excluding hydrogens is 330 g/mol. The van der Waals surface area contributed by atoms with Crippen LogP contribution >= 0.6 is 0 Å². The van der Waals surface area contributed by atoms with Crippen molar-refractivity contribution in [1.82, 2.24) is 19.9 Å². The molecule has 2 aliphatic heterocycles. The van der Waals surface area contributed by atoms with Crippen molar-refractivity contribution in [2.24, 2.45) is 5.92 Å². The number of carbonyl (C=O) groups is 1. The molecule has 3 atom stereocenters. The minimum Gasteiger partial charge on any atom is -0.363 e. The molecule has 0 spiro atoms. The van der Waals surface area contributed by atoms with E-state index < -0.39 is 0 Å². The Labute approximate surface area is 153 Å². The molecule has 2 saturated heterocycles. The molecule has 26 heavy (non-hydrogen) atoms. The van der Waals surface area contributed by atoms with Crippen LogP contribution in [-0.4, -0.2) is 58.1 Å². The Morgan fingerprint density at radius 2 is 2.04 bits per heavy atom. The molecule has 0 saturated carbocycles. The van der Waals surface area contributed by atoms with Crippen LogP contribution in [0.4, 0.5) is 5.95 Å². The molecule has 4 rings (SSSR count). The number of nitrogens with zero attached hydrogens (tertiary/aromatic N) is 5. The lowest BCUT2D eigenvalue weighted by molar-refractivity contribution is -0.142. The highest BCUT2D eigenvalue weighted by Crippen LogP contribution is 2.34. The largest absolute Gasteiger partial charge is 0.363 e. The number of hydrogen-bond donors (Lipinski definition) is 0.